The van der Waals surface area contributed by atoms with Gasteiger partial charge < -0.3 is 10.1 Å². The highest BCUT2D eigenvalue weighted by Gasteiger charge is 1.98. The van der Waals surface area contributed by atoms with Crippen molar-refractivity contribution in [3.8, 4) is 5.75 Å². The van der Waals surface area contributed by atoms with Crippen LogP contribution in [0.15, 0.2) is 41.1 Å². The summed E-state index contributed by atoms with van der Waals surface area (Å²) in [5.74, 6) is 1.24. The smallest absolute Gasteiger partial charge is 0.223 e. The van der Waals surface area contributed by atoms with E-state index in [1.165, 1.54) is 5.56 Å². The minimum Gasteiger partial charge on any atom is -0.494 e. The molecule has 0 fully saturated rings. The molecule has 0 bridgehead atoms. The van der Waals surface area contributed by atoms with Gasteiger partial charge in [0.1, 0.15) is 0 Å². The number of nitrogens with zero attached hydrogens (tertiary/aromatic N) is 2. The van der Waals surface area contributed by atoms with E-state index in [-0.39, 0.29) is 0 Å². The summed E-state index contributed by atoms with van der Waals surface area (Å²) >= 11 is 3.43. The lowest BCUT2D eigenvalue weighted by molar-refractivity contribution is 0.411. The van der Waals surface area contributed by atoms with E-state index in [1.54, 1.807) is 19.5 Å². The minimum absolute atomic E-state index is 0.589. The quantitative estimate of drug-likeness (QED) is 0.942. The van der Waals surface area contributed by atoms with Crippen molar-refractivity contribution in [2.24, 2.45) is 0 Å². The Morgan fingerprint density at radius 2 is 2.06 bits per heavy atom. The Bertz CT molecular complexity index is 487. The Kier molecular flexibility index (Phi) is 3.93. The average molecular weight is 294 g/mol. The first-order valence-electron chi connectivity index (χ1n) is 5.12. The third kappa shape index (κ3) is 3.42. The summed E-state index contributed by atoms with van der Waals surface area (Å²) in [5, 5.41) is 3.14. The van der Waals surface area contributed by atoms with Gasteiger partial charge in [0.15, 0.2) is 5.75 Å². The van der Waals surface area contributed by atoms with E-state index in [2.05, 4.69) is 37.3 Å². The molecule has 0 aliphatic heterocycles. The Morgan fingerprint density at radius 3 is 2.71 bits per heavy atom. The topological polar surface area (TPSA) is 47.0 Å². The normalized spacial score (nSPS) is 10.0. The Morgan fingerprint density at radius 1 is 1.29 bits per heavy atom. The zero-order valence-corrected chi connectivity index (χ0v) is 10.9. The van der Waals surface area contributed by atoms with Crippen molar-refractivity contribution in [3.63, 3.8) is 0 Å². The Balaban J connectivity index is 1.97. The third-order valence-electron chi connectivity index (χ3n) is 2.20. The SMILES string of the molecule is COc1cnc(NCc2cccc(Br)c2)nc1. The standard InChI is InChI=1S/C12H12BrN3O/c1-17-11-7-15-12(16-8-11)14-6-9-3-2-4-10(13)5-9/h2-5,7-8H,6H2,1H3,(H,14,15,16). The van der Waals surface area contributed by atoms with Gasteiger partial charge >= 0.3 is 0 Å². The number of hydrogen-bond acceptors (Lipinski definition) is 4. The molecule has 4 nitrogen and oxygen atoms in total. The number of nitrogens with one attached hydrogen (secondary N) is 1. The zero-order chi connectivity index (χ0) is 12.1. The van der Waals surface area contributed by atoms with Crippen molar-refractivity contribution >= 4 is 21.9 Å². The van der Waals surface area contributed by atoms with Gasteiger partial charge in [-0.05, 0) is 17.7 Å². The second-order valence-electron chi connectivity index (χ2n) is 3.43. The van der Waals surface area contributed by atoms with Crippen LogP contribution in [0.25, 0.3) is 0 Å². The molecule has 1 aromatic heterocycles. The second kappa shape index (κ2) is 5.63. The van der Waals surface area contributed by atoms with Gasteiger partial charge in [-0.1, -0.05) is 28.1 Å². The van der Waals surface area contributed by atoms with E-state index in [1.807, 2.05) is 18.2 Å². The van der Waals surface area contributed by atoms with Gasteiger partial charge in [0.2, 0.25) is 5.95 Å². The highest BCUT2D eigenvalue weighted by molar-refractivity contribution is 9.10. The highest BCUT2D eigenvalue weighted by Crippen LogP contribution is 2.13. The van der Waals surface area contributed by atoms with E-state index in [0.29, 0.717) is 18.2 Å². The van der Waals surface area contributed by atoms with Crippen molar-refractivity contribution < 1.29 is 4.74 Å². The number of ether oxygens (including phenoxy) is 1. The molecule has 0 saturated heterocycles. The lowest BCUT2D eigenvalue weighted by atomic mass is 10.2. The lowest BCUT2D eigenvalue weighted by Gasteiger charge is -2.05. The lowest BCUT2D eigenvalue weighted by Crippen LogP contribution is -2.03. The predicted octanol–water partition coefficient (Wildman–Crippen LogP) is 2.86. The summed E-state index contributed by atoms with van der Waals surface area (Å²) in [6.07, 6.45) is 3.27. The average Bonchev–Trinajstić information content (AvgIpc) is 2.37. The third-order valence-corrected chi connectivity index (χ3v) is 2.70. The van der Waals surface area contributed by atoms with Crippen LogP contribution >= 0.6 is 15.9 Å². The van der Waals surface area contributed by atoms with E-state index in [0.717, 1.165) is 4.47 Å². The van der Waals surface area contributed by atoms with E-state index < -0.39 is 0 Å². The molecule has 17 heavy (non-hydrogen) atoms. The molecule has 0 radical (unpaired) electrons. The van der Waals surface area contributed by atoms with Gasteiger partial charge in [0, 0.05) is 11.0 Å². The van der Waals surface area contributed by atoms with Crippen LogP contribution in [0.3, 0.4) is 0 Å². The second-order valence-corrected chi connectivity index (χ2v) is 4.35. The summed E-state index contributed by atoms with van der Waals surface area (Å²) in [7, 11) is 1.59. The molecule has 88 valence electrons. The summed E-state index contributed by atoms with van der Waals surface area (Å²) in [4.78, 5) is 8.26. The van der Waals surface area contributed by atoms with Gasteiger partial charge in [0.05, 0.1) is 19.5 Å². The number of methoxy groups -OCH3 is 1. The van der Waals surface area contributed by atoms with Crippen molar-refractivity contribution in [3.05, 3.63) is 46.7 Å². The molecule has 0 saturated carbocycles. The maximum Gasteiger partial charge on any atom is 0.223 e. The molecular formula is C12H12BrN3O. The Hall–Kier alpha value is -1.62. The molecule has 0 aliphatic carbocycles. The fourth-order valence-electron chi connectivity index (χ4n) is 1.34. The molecule has 2 rings (SSSR count). The van der Waals surface area contributed by atoms with Crippen LogP contribution in [0, 0.1) is 0 Å². The van der Waals surface area contributed by atoms with Crippen LogP contribution in [0.1, 0.15) is 5.56 Å². The minimum atomic E-state index is 0.589. The number of aromatic nitrogens is 2. The molecular weight excluding hydrogens is 282 g/mol. The van der Waals surface area contributed by atoms with Crippen molar-refractivity contribution in [2.75, 3.05) is 12.4 Å². The molecule has 1 N–H and O–H groups in total. The number of benzene rings is 1. The summed E-state index contributed by atoms with van der Waals surface area (Å²) in [5.41, 5.74) is 1.17. The van der Waals surface area contributed by atoms with Crippen LogP contribution < -0.4 is 10.1 Å². The number of rotatable bonds is 4. The number of hydrogen-bond donors (Lipinski definition) is 1. The van der Waals surface area contributed by atoms with Crippen molar-refractivity contribution in [1.82, 2.24) is 9.97 Å². The van der Waals surface area contributed by atoms with Gasteiger partial charge in [-0.25, -0.2) is 9.97 Å². The largest absolute Gasteiger partial charge is 0.494 e. The molecule has 0 atom stereocenters. The molecule has 0 aliphatic rings. The Labute approximate surface area is 108 Å². The number of halogens is 1. The molecule has 0 unspecified atom stereocenters. The van der Waals surface area contributed by atoms with Crippen molar-refractivity contribution in [2.45, 2.75) is 6.54 Å². The van der Waals surface area contributed by atoms with E-state index in [9.17, 15) is 0 Å². The first-order valence-corrected chi connectivity index (χ1v) is 5.91. The highest BCUT2D eigenvalue weighted by atomic mass is 79.9. The summed E-state index contributed by atoms with van der Waals surface area (Å²) in [6.45, 7) is 0.686. The van der Waals surface area contributed by atoms with Gasteiger partial charge in [-0.15, -0.1) is 0 Å². The van der Waals surface area contributed by atoms with Gasteiger partial charge in [-0.2, -0.15) is 0 Å². The monoisotopic (exact) mass is 293 g/mol. The van der Waals surface area contributed by atoms with Gasteiger partial charge in [-0.3, -0.25) is 0 Å². The summed E-state index contributed by atoms with van der Waals surface area (Å²) in [6, 6.07) is 8.08. The fraction of sp³-hybridized carbons (Fsp3) is 0.167. The van der Waals surface area contributed by atoms with Crippen LogP contribution in [-0.2, 0) is 6.54 Å². The van der Waals surface area contributed by atoms with Crippen molar-refractivity contribution in [1.29, 1.82) is 0 Å². The molecule has 2 aromatic rings. The molecule has 5 heteroatoms. The fourth-order valence-corrected chi connectivity index (χ4v) is 1.79. The first-order chi connectivity index (χ1) is 8.28. The van der Waals surface area contributed by atoms with Crippen LogP contribution in [-0.4, -0.2) is 17.1 Å². The molecule has 0 amide bonds. The van der Waals surface area contributed by atoms with Crippen LogP contribution in [0.5, 0.6) is 5.75 Å². The molecule has 0 spiro atoms. The molecule has 1 aromatic carbocycles. The van der Waals surface area contributed by atoms with E-state index in [4.69, 9.17) is 4.74 Å². The molecule has 1 heterocycles. The van der Waals surface area contributed by atoms with Crippen LogP contribution in [0.2, 0.25) is 0 Å². The first kappa shape index (κ1) is 11.9. The predicted molar refractivity (Wildman–Crippen MR) is 70.1 cm³/mol. The maximum atomic E-state index is 4.99. The zero-order valence-electron chi connectivity index (χ0n) is 9.35. The number of anilines is 1. The summed E-state index contributed by atoms with van der Waals surface area (Å²) < 4.78 is 6.05. The van der Waals surface area contributed by atoms with E-state index >= 15 is 0 Å². The van der Waals surface area contributed by atoms with Crippen LogP contribution in [0.4, 0.5) is 5.95 Å². The maximum absolute atomic E-state index is 4.99. The van der Waals surface area contributed by atoms with Gasteiger partial charge in [0.25, 0.3) is 0 Å².